The summed E-state index contributed by atoms with van der Waals surface area (Å²) in [5, 5.41) is 4.63. The van der Waals surface area contributed by atoms with Gasteiger partial charge in [0.1, 0.15) is 6.54 Å². The molecule has 1 aromatic rings. The number of thioether (sulfide) groups is 1. The first kappa shape index (κ1) is 14.7. The number of carbonyl (C=O) groups is 2. The minimum atomic E-state index is -0.188. The van der Waals surface area contributed by atoms with E-state index in [2.05, 4.69) is 19.2 Å². The number of anilines is 1. The van der Waals surface area contributed by atoms with Gasteiger partial charge >= 0.3 is 0 Å². The molecule has 0 aliphatic carbocycles. The van der Waals surface area contributed by atoms with E-state index in [1.807, 2.05) is 29.7 Å². The third-order valence-corrected chi connectivity index (χ3v) is 3.77. The van der Waals surface area contributed by atoms with Crippen LogP contribution in [0.4, 0.5) is 5.69 Å². The van der Waals surface area contributed by atoms with Crippen molar-refractivity contribution in [1.29, 1.82) is 0 Å². The van der Waals surface area contributed by atoms with E-state index in [0.29, 0.717) is 11.7 Å². The van der Waals surface area contributed by atoms with E-state index in [-0.39, 0.29) is 18.4 Å². The maximum Gasteiger partial charge on any atom is 0.244 e. The normalized spacial score (nSPS) is 14.8. The molecule has 0 radical (unpaired) electrons. The first-order valence-corrected chi connectivity index (χ1v) is 7.58. The molecule has 0 bridgehead atoms. The number of rotatable bonds is 4. The summed E-state index contributed by atoms with van der Waals surface area (Å²) in [7, 11) is 0. The highest BCUT2D eigenvalue weighted by molar-refractivity contribution is 8.02. The molecular formula is C15H18N2O2S. The molecule has 0 aromatic heterocycles. The quantitative estimate of drug-likeness (QED) is 0.927. The molecule has 5 heteroatoms. The standard InChI is InChI=1S/C15H18N2O2S/c1-11(2)12-3-5-13(6-4-12)16-14(18)9-17-7-8-20-10-15(17)19/h3-8,11H,9-10H2,1-2H3,(H,16,18). The van der Waals surface area contributed by atoms with Gasteiger partial charge in [-0.1, -0.05) is 26.0 Å². The first-order chi connectivity index (χ1) is 9.56. The lowest BCUT2D eigenvalue weighted by atomic mass is 10.0. The Hall–Kier alpha value is -1.75. The monoisotopic (exact) mass is 290 g/mol. The molecule has 0 saturated carbocycles. The molecule has 20 heavy (non-hydrogen) atoms. The SMILES string of the molecule is CC(C)c1ccc(NC(=O)CN2C=CSCC2=O)cc1. The second-order valence-corrected chi connectivity index (χ2v) is 5.84. The first-order valence-electron chi connectivity index (χ1n) is 6.54. The highest BCUT2D eigenvalue weighted by Crippen LogP contribution is 2.17. The maximum absolute atomic E-state index is 11.9. The van der Waals surface area contributed by atoms with Gasteiger partial charge in [0.15, 0.2) is 0 Å². The predicted molar refractivity (Wildman–Crippen MR) is 82.5 cm³/mol. The Morgan fingerprint density at radius 1 is 1.35 bits per heavy atom. The summed E-state index contributed by atoms with van der Waals surface area (Å²) in [6.45, 7) is 4.31. The van der Waals surface area contributed by atoms with Crippen LogP contribution in [0.1, 0.15) is 25.3 Å². The van der Waals surface area contributed by atoms with Crippen LogP contribution in [0.5, 0.6) is 0 Å². The Morgan fingerprint density at radius 2 is 2.05 bits per heavy atom. The molecule has 0 saturated heterocycles. The van der Waals surface area contributed by atoms with Crippen molar-refractivity contribution in [1.82, 2.24) is 4.90 Å². The fourth-order valence-electron chi connectivity index (χ4n) is 1.85. The lowest BCUT2D eigenvalue weighted by Crippen LogP contribution is -2.36. The molecule has 1 aliphatic heterocycles. The van der Waals surface area contributed by atoms with Gasteiger partial charge in [0.05, 0.1) is 5.75 Å². The molecule has 1 aromatic carbocycles. The molecule has 1 heterocycles. The Morgan fingerprint density at radius 3 is 2.65 bits per heavy atom. The second-order valence-electron chi connectivity index (χ2n) is 4.94. The van der Waals surface area contributed by atoms with Crippen LogP contribution in [-0.2, 0) is 9.59 Å². The molecule has 1 aliphatic rings. The average molecular weight is 290 g/mol. The van der Waals surface area contributed by atoms with E-state index >= 15 is 0 Å². The van der Waals surface area contributed by atoms with Crippen LogP contribution < -0.4 is 5.32 Å². The van der Waals surface area contributed by atoms with Gasteiger partial charge in [-0.15, -0.1) is 11.8 Å². The fourth-order valence-corrected chi connectivity index (χ4v) is 2.49. The van der Waals surface area contributed by atoms with Gasteiger partial charge in [0.2, 0.25) is 11.8 Å². The van der Waals surface area contributed by atoms with Crippen LogP contribution in [0.3, 0.4) is 0 Å². The van der Waals surface area contributed by atoms with Gasteiger partial charge in [0.25, 0.3) is 0 Å². The third kappa shape index (κ3) is 3.87. The predicted octanol–water partition coefficient (Wildman–Crippen LogP) is 2.80. The number of amides is 2. The Bertz CT molecular complexity index is 523. The molecule has 1 N–H and O–H groups in total. The summed E-state index contributed by atoms with van der Waals surface area (Å²) in [6.07, 6.45) is 1.65. The van der Waals surface area contributed by atoms with Crippen molar-refractivity contribution in [3.8, 4) is 0 Å². The molecular weight excluding hydrogens is 272 g/mol. The van der Waals surface area contributed by atoms with Crippen LogP contribution in [0.2, 0.25) is 0 Å². The number of nitrogens with zero attached hydrogens (tertiary/aromatic N) is 1. The summed E-state index contributed by atoms with van der Waals surface area (Å²) >= 11 is 1.44. The van der Waals surface area contributed by atoms with Crippen molar-refractivity contribution >= 4 is 29.3 Å². The van der Waals surface area contributed by atoms with Gasteiger partial charge < -0.3 is 10.2 Å². The molecule has 0 unspecified atom stereocenters. The van der Waals surface area contributed by atoms with Crippen molar-refractivity contribution in [2.45, 2.75) is 19.8 Å². The minimum Gasteiger partial charge on any atom is -0.325 e. The molecule has 106 valence electrons. The van der Waals surface area contributed by atoms with Crippen molar-refractivity contribution in [3.63, 3.8) is 0 Å². The largest absolute Gasteiger partial charge is 0.325 e. The van der Waals surface area contributed by atoms with Gasteiger partial charge in [-0.25, -0.2) is 0 Å². The number of hydrogen-bond donors (Lipinski definition) is 1. The van der Waals surface area contributed by atoms with E-state index in [1.165, 1.54) is 22.2 Å². The average Bonchev–Trinajstić information content (AvgIpc) is 2.42. The van der Waals surface area contributed by atoms with Gasteiger partial charge in [-0.2, -0.15) is 0 Å². The highest BCUT2D eigenvalue weighted by atomic mass is 32.2. The summed E-state index contributed by atoms with van der Waals surface area (Å²) in [5.41, 5.74) is 1.98. The van der Waals surface area contributed by atoms with Crippen molar-refractivity contribution < 1.29 is 9.59 Å². The molecule has 0 fully saturated rings. The molecule has 0 atom stereocenters. The van der Waals surface area contributed by atoms with E-state index in [0.717, 1.165) is 5.69 Å². The second kappa shape index (κ2) is 6.61. The van der Waals surface area contributed by atoms with Crippen LogP contribution in [0.25, 0.3) is 0 Å². The lowest BCUT2D eigenvalue weighted by Gasteiger charge is -2.20. The van der Waals surface area contributed by atoms with Crippen LogP contribution in [0.15, 0.2) is 35.9 Å². The zero-order valence-corrected chi connectivity index (χ0v) is 12.4. The van der Waals surface area contributed by atoms with E-state index in [9.17, 15) is 9.59 Å². The highest BCUT2D eigenvalue weighted by Gasteiger charge is 2.17. The number of hydrogen-bond acceptors (Lipinski definition) is 3. The van der Waals surface area contributed by atoms with Crippen molar-refractivity contribution in [2.75, 3.05) is 17.6 Å². The van der Waals surface area contributed by atoms with Gasteiger partial charge in [-0.3, -0.25) is 9.59 Å². The summed E-state index contributed by atoms with van der Waals surface area (Å²) < 4.78 is 0. The number of carbonyl (C=O) groups excluding carboxylic acids is 2. The molecule has 0 spiro atoms. The number of nitrogens with one attached hydrogen (secondary N) is 1. The smallest absolute Gasteiger partial charge is 0.244 e. The Kier molecular flexibility index (Phi) is 4.84. The molecule has 2 amide bonds. The minimum absolute atomic E-state index is 0.0391. The fraction of sp³-hybridized carbons (Fsp3) is 0.333. The topological polar surface area (TPSA) is 49.4 Å². The summed E-state index contributed by atoms with van der Waals surface area (Å²) in [4.78, 5) is 24.9. The zero-order chi connectivity index (χ0) is 14.5. The molecule has 4 nitrogen and oxygen atoms in total. The van der Waals surface area contributed by atoms with Crippen molar-refractivity contribution in [2.24, 2.45) is 0 Å². The summed E-state index contributed by atoms with van der Waals surface area (Å²) in [5.74, 6) is 0.635. The van der Waals surface area contributed by atoms with Gasteiger partial charge in [0, 0.05) is 11.9 Å². The molecule has 2 rings (SSSR count). The zero-order valence-electron chi connectivity index (χ0n) is 11.6. The summed E-state index contributed by atoms with van der Waals surface area (Å²) in [6, 6.07) is 7.78. The van der Waals surface area contributed by atoms with Gasteiger partial charge in [-0.05, 0) is 29.0 Å². The number of benzene rings is 1. The third-order valence-electron chi connectivity index (χ3n) is 3.04. The van der Waals surface area contributed by atoms with E-state index in [1.54, 1.807) is 6.20 Å². The van der Waals surface area contributed by atoms with Crippen LogP contribution >= 0.6 is 11.8 Å². The van der Waals surface area contributed by atoms with E-state index < -0.39 is 0 Å². The maximum atomic E-state index is 11.9. The van der Waals surface area contributed by atoms with Crippen molar-refractivity contribution in [3.05, 3.63) is 41.4 Å². The lowest BCUT2D eigenvalue weighted by molar-refractivity contribution is -0.129. The van der Waals surface area contributed by atoms with E-state index in [4.69, 9.17) is 0 Å². The van der Waals surface area contributed by atoms with Crippen LogP contribution in [0, 0.1) is 0 Å². The Labute approximate surface area is 123 Å². The van der Waals surface area contributed by atoms with Crippen LogP contribution in [-0.4, -0.2) is 29.0 Å². The Balaban J connectivity index is 1.92.